The van der Waals surface area contributed by atoms with Crippen molar-refractivity contribution in [1.82, 2.24) is 0 Å². The van der Waals surface area contributed by atoms with E-state index in [1.54, 1.807) is 0 Å². The molecule has 0 bridgehead atoms. The van der Waals surface area contributed by atoms with Gasteiger partial charge >= 0.3 is 11.9 Å². The van der Waals surface area contributed by atoms with Gasteiger partial charge in [0.15, 0.2) is 0 Å². The van der Waals surface area contributed by atoms with E-state index in [2.05, 4.69) is 27.7 Å². The molecule has 0 fully saturated rings. The zero-order chi connectivity index (χ0) is 34.6. The molecular formula is C42H82O5. The van der Waals surface area contributed by atoms with E-state index in [0.717, 1.165) is 51.4 Å². The van der Waals surface area contributed by atoms with Gasteiger partial charge in [-0.3, -0.25) is 9.59 Å². The molecule has 0 saturated carbocycles. The first kappa shape index (κ1) is 45.9. The molecule has 1 N–H and O–H groups in total. The average Bonchev–Trinajstić information content (AvgIpc) is 3.06. The SMILES string of the molecule is CCCCCCCC(CCCCCC)COC(=O)CCCCCC(O)CCCCCC(=O)OCC(CCCCCC)CCCCCC. The van der Waals surface area contributed by atoms with E-state index in [9.17, 15) is 14.7 Å². The van der Waals surface area contributed by atoms with Gasteiger partial charge in [-0.15, -0.1) is 0 Å². The number of ether oxygens (including phenoxy) is 2. The van der Waals surface area contributed by atoms with Crippen LogP contribution in [-0.4, -0.2) is 36.4 Å². The predicted octanol–water partition coefficient (Wildman–Crippen LogP) is 12.8. The average molecular weight is 667 g/mol. The summed E-state index contributed by atoms with van der Waals surface area (Å²) in [4.78, 5) is 24.7. The molecule has 5 nitrogen and oxygen atoms in total. The van der Waals surface area contributed by atoms with E-state index in [-0.39, 0.29) is 18.0 Å². The molecule has 0 aromatic heterocycles. The first-order valence-corrected chi connectivity index (χ1v) is 21.0. The minimum atomic E-state index is -0.291. The minimum absolute atomic E-state index is 0.0527. The van der Waals surface area contributed by atoms with Crippen molar-refractivity contribution in [3.8, 4) is 0 Å². The molecule has 0 rings (SSSR count). The van der Waals surface area contributed by atoms with Gasteiger partial charge in [0, 0.05) is 12.8 Å². The lowest BCUT2D eigenvalue weighted by Crippen LogP contribution is -2.15. The summed E-state index contributed by atoms with van der Waals surface area (Å²) in [5.41, 5.74) is 0. The first-order chi connectivity index (χ1) is 23.0. The lowest BCUT2D eigenvalue weighted by atomic mass is 9.95. The van der Waals surface area contributed by atoms with Crippen molar-refractivity contribution in [3.05, 3.63) is 0 Å². The Morgan fingerprint density at radius 3 is 1.02 bits per heavy atom. The fourth-order valence-corrected chi connectivity index (χ4v) is 6.60. The number of hydrogen-bond donors (Lipinski definition) is 1. The number of esters is 2. The van der Waals surface area contributed by atoms with E-state index in [1.165, 1.54) is 135 Å². The van der Waals surface area contributed by atoms with Crippen LogP contribution in [-0.2, 0) is 19.1 Å². The lowest BCUT2D eigenvalue weighted by Gasteiger charge is -2.17. The highest BCUT2D eigenvalue weighted by Gasteiger charge is 2.14. The summed E-state index contributed by atoms with van der Waals surface area (Å²) in [6.45, 7) is 10.2. The Morgan fingerprint density at radius 2 is 0.681 bits per heavy atom. The van der Waals surface area contributed by atoms with Gasteiger partial charge < -0.3 is 14.6 Å². The number of carbonyl (C=O) groups excluding carboxylic acids is 2. The Morgan fingerprint density at radius 1 is 0.404 bits per heavy atom. The molecular weight excluding hydrogens is 584 g/mol. The van der Waals surface area contributed by atoms with E-state index in [4.69, 9.17) is 9.47 Å². The molecule has 280 valence electrons. The maximum Gasteiger partial charge on any atom is 0.305 e. The Kier molecular flexibility index (Phi) is 35.3. The monoisotopic (exact) mass is 667 g/mol. The number of rotatable bonds is 37. The second kappa shape index (κ2) is 36.2. The lowest BCUT2D eigenvalue weighted by molar-refractivity contribution is -0.146. The van der Waals surface area contributed by atoms with Crippen molar-refractivity contribution in [2.75, 3.05) is 13.2 Å². The number of carbonyl (C=O) groups is 2. The fourth-order valence-electron chi connectivity index (χ4n) is 6.60. The quantitative estimate of drug-likeness (QED) is 0.0527. The van der Waals surface area contributed by atoms with Crippen LogP contribution in [0.5, 0.6) is 0 Å². The van der Waals surface area contributed by atoms with Gasteiger partial charge in [0.1, 0.15) is 0 Å². The Bertz CT molecular complexity index is 653. The number of aliphatic hydroxyl groups excluding tert-OH is 1. The van der Waals surface area contributed by atoms with Crippen LogP contribution < -0.4 is 0 Å². The van der Waals surface area contributed by atoms with Gasteiger partial charge in [0.25, 0.3) is 0 Å². The first-order valence-electron chi connectivity index (χ1n) is 21.0. The summed E-state index contributed by atoms with van der Waals surface area (Å²) < 4.78 is 11.4. The highest BCUT2D eigenvalue weighted by atomic mass is 16.5. The van der Waals surface area contributed by atoms with Gasteiger partial charge in [0.05, 0.1) is 19.3 Å². The molecule has 0 aliphatic carbocycles. The van der Waals surface area contributed by atoms with Crippen molar-refractivity contribution >= 4 is 11.9 Å². The van der Waals surface area contributed by atoms with Crippen molar-refractivity contribution in [2.45, 2.75) is 233 Å². The molecule has 0 radical (unpaired) electrons. The van der Waals surface area contributed by atoms with E-state index in [0.29, 0.717) is 37.9 Å². The van der Waals surface area contributed by atoms with Gasteiger partial charge in [-0.2, -0.15) is 0 Å². The zero-order valence-electron chi connectivity index (χ0n) is 32.1. The number of aliphatic hydroxyl groups is 1. The topological polar surface area (TPSA) is 72.8 Å². The van der Waals surface area contributed by atoms with Crippen molar-refractivity contribution in [3.63, 3.8) is 0 Å². The second-order valence-electron chi connectivity index (χ2n) is 14.7. The summed E-state index contributed by atoms with van der Waals surface area (Å²) in [5, 5.41) is 10.4. The van der Waals surface area contributed by atoms with Crippen LogP contribution in [0.15, 0.2) is 0 Å². The maximum atomic E-state index is 12.4. The molecule has 0 aromatic carbocycles. The van der Waals surface area contributed by atoms with Crippen LogP contribution in [0.1, 0.15) is 227 Å². The standard InChI is InChI=1S/C42H82O5/c1-5-9-13-17-23-31-39(30-22-16-12-8-4)37-47-42(45)35-27-19-25-33-40(43)32-24-18-26-34-41(44)46-36-38(28-20-14-10-6-2)29-21-15-11-7-3/h38-40,43H,5-37H2,1-4H3. The normalized spacial score (nSPS) is 12.8. The molecule has 0 spiro atoms. The van der Waals surface area contributed by atoms with Crippen LogP contribution in [0, 0.1) is 11.8 Å². The van der Waals surface area contributed by atoms with E-state index < -0.39 is 0 Å². The molecule has 5 heteroatoms. The second-order valence-corrected chi connectivity index (χ2v) is 14.7. The maximum absolute atomic E-state index is 12.4. The molecule has 0 aliphatic rings. The fraction of sp³-hybridized carbons (Fsp3) is 0.952. The third kappa shape index (κ3) is 33.2. The highest BCUT2D eigenvalue weighted by molar-refractivity contribution is 5.69. The summed E-state index contributed by atoms with van der Waals surface area (Å²) in [5.74, 6) is 0.922. The molecule has 0 amide bonds. The third-order valence-corrected chi connectivity index (χ3v) is 9.91. The summed E-state index contributed by atoms with van der Waals surface area (Å²) in [6, 6.07) is 0. The Labute approximate surface area is 293 Å². The molecule has 0 aromatic rings. The number of unbranched alkanes of at least 4 members (excludes halogenated alkanes) is 17. The van der Waals surface area contributed by atoms with Gasteiger partial charge in [0.2, 0.25) is 0 Å². The summed E-state index contributed by atoms with van der Waals surface area (Å²) in [7, 11) is 0. The summed E-state index contributed by atoms with van der Waals surface area (Å²) in [6.07, 6.45) is 34.2. The highest BCUT2D eigenvalue weighted by Crippen LogP contribution is 2.21. The zero-order valence-corrected chi connectivity index (χ0v) is 32.1. The van der Waals surface area contributed by atoms with E-state index in [1.807, 2.05) is 0 Å². The van der Waals surface area contributed by atoms with Crippen LogP contribution >= 0.6 is 0 Å². The Balaban J connectivity index is 3.97. The van der Waals surface area contributed by atoms with Crippen LogP contribution in [0.2, 0.25) is 0 Å². The van der Waals surface area contributed by atoms with Crippen molar-refractivity contribution in [2.24, 2.45) is 11.8 Å². The largest absolute Gasteiger partial charge is 0.465 e. The van der Waals surface area contributed by atoms with Crippen LogP contribution in [0.4, 0.5) is 0 Å². The Hall–Kier alpha value is -1.10. The van der Waals surface area contributed by atoms with Gasteiger partial charge in [-0.05, 0) is 63.2 Å². The smallest absolute Gasteiger partial charge is 0.305 e. The molecule has 0 saturated heterocycles. The third-order valence-electron chi connectivity index (χ3n) is 9.91. The molecule has 0 aliphatic heterocycles. The predicted molar refractivity (Wildman–Crippen MR) is 201 cm³/mol. The molecule has 2 atom stereocenters. The van der Waals surface area contributed by atoms with Crippen LogP contribution in [0.3, 0.4) is 0 Å². The van der Waals surface area contributed by atoms with Crippen LogP contribution in [0.25, 0.3) is 0 Å². The molecule has 47 heavy (non-hydrogen) atoms. The summed E-state index contributed by atoms with van der Waals surface area (Å²) >= 11 is 0. The van der Waals surface area contributed by atoms with E-state index >= 15 is 0 Å². The van der Waals surface area contributed by atoms with Crippen molar-refractivity contribution in [1.29, 1.82) is 0 Å². The molecule has 0 heterocycles. The van der Waals surface area contributed by atoms with Gasteiger partial charge in [-0.1, -0.05) is 163 Å². The number of hydrogen-bond acceptors (Lipinski definition) is 5. The molecule has 2 unspecified atom stereocenters. The van der Waals surface area contributed by atoms with Crippen molar-refractivity contribution < 1.29 is 24.2 Å². The minimum Gasteiger partial charge on any atom is -0.465 e. The van der Waals surface area contributed by atoms with Gasteiger partial charge in [-0.25, -0.2) is 0 Å².